The van der Waals surface area contributed by atoms with E-state index < -0.39 is 4.92 Å². The van der Waals surface area contributed by atoms with E-state index in [0.29, 0.717) is 17.9 Å². The number of nitrogens with zero attached hydrogens (tertiary/aromatic N) is 3. The maximum absolute atomic E-state index is 11.0. The second-order valence-electron chi connectivity index (χ2n) is 5.01. The number of nitro groups is 1. The summed E-state index contributed by atoms with van der Waals surface area (Å²) in [6, 6.07) is 14.2. The predicted molar refractivity (Wildman–Crippen MR) is 87.8 cm³/mol. The van der Waals surface area contributed by atoms with E-state index in [2.05, 4.69) is 20.8 Å². The molecule has 0 fully saturated rings. The van der Waals surface area contributed by atoms with Crippen LogP contribution in [0.2, 0.25) is 0 Å². The molecule has 1 aromatic heterocycles. The maximum atomic E-state index is 11.0. The Labute approximate surface area is 132 Å². The number of fused-ring (bicyclic) bond motifs is 1. The summed E-state index contributed by atoms with van der Waals surface area (Å²) in [7, 11) is 0. The first-order chi connectivity index (χ1) is 11.1. The smallest absolute Gasteiger partial charge is 0.273 e. The van der Waals surface area contributed by atoms with Crippen molar-refractivity contribution in [3.8, 4) is 0 Å². The zero-order valence-corrected chi connectivity index (χ0v) is 12.5. The molecule has 23 heavy (non-hydrogen) atoms. The summed E-state index contributed by atoms with van der Waals surface area (Å²) in [6.07, 6.45) is 0. The van der Waals surface area contributed by atoms with Gasteiger partial charge in [-0.15, -0.1) is 0 Å². The third-order valence-corrected chi connectivity index (χ3v) is 3.42. The Morgan fingerprint density at radius 3 is 2.43 bits per heavy atom. The second-order valence-corrected chi connectivity index (χ2v) is 5.01. The van der Waals surface area contributed by atoms with Gasteiger partial charge in [-0.1, -0.05) is 30.3 Å². The van der Waals surface area contributed by atoms with Crippen LogP contribution in [0.1, 0.15) is 11.3 Å². The molecule has 7 nitrogen and oxygen atoms in total. The zero-order valence-electron chi connectivity index (χ0n) is 12.5. The summed E-state index contributed by atoms with van der Waals surface area (Å²) < 4.78 is 0. The lowest BCUT2D eigenvalue weighted by Gasteiger charge is -2.10. The van der Waals surface area contributed by atoms with Crippen molar-refractivity contribution in [1.29, 1.82) is 0 Å². The van der Waals surface area contributed by atoms with Gasteiger partial charge in [-0.3, -0.25) is 10.1 Å². The summed E-state index contributed by atoms with van der Waals surface area (Å²) in [4.78, 5) is 19.6. The number of benzene rings is 2. The van der Waals surface area contributed by atoms with Gasteiger partial charge in [0.2, 0.25) is 0 Å². The number of aryl methyl sites for hydroxylation is 1. The Bertz CT molecular complexity index is 866. The number of nitrogens with one attached hydrogen (secondary N) is 2. The molecule has 0 radical (unpaired) electrons. The van der Waals surface area contributed by atoms with Gasteiger partial charge in [-0.25, -0.2) is 15.4 Å². The lowest BCUT2D eigenvalue weighted by Crippen LogP contribution is -2.23. The normalized spacial score (nSPS) is 10.7. The van der Waals surface area contributed by atoms with E-state index in [0.717, 1.165) is 16.7 Å². The summed E-state index contributed by atoms with van der Waals surface area (Å²) in [5, 5.41) is 11.0. The van der Waals surface area contributed by atoms with Gasteiger partial charge in [0.05, 0.1) is 21.7 Å². The minimum absolute atomic E-state index is 0.0862. The van der Waals surface area contributed by atoms with Crippen LogP contribution in [-0.4, -0.2) is 14.9 Å². The quantitative estimate of drug-likeness (QED) is 0.556. The van der Waals surface area contributed by atoms with Gasteiger partial charge >= 0.3 is 0 Å². The summed E-state index contributed by atoms with van der Waals surface area (Å²) in [6.45, 7) is 2.15. The van der Waals surface area contributed by atoms with Gasteiger partial charge in [-0.2, -0.15) is 0 Å². The zero-order chi connectivity index (χ0) is 16.2. The molecular weight excluding hydrogens is 294 g/mol. The number of hydrogen-bond acceptors (Lipinski definition) is 6. The number of hydrazine groups is 1. The first-order valence-electron chi connectivity index (χ1n) is 7.09. The second kappa shape index (κ2) is 6.37. The van der Waals surface area contributed by atoms with Crippen molar-refractivity contribution in [3.63, 3.8) is 0 Å². The van der Waals surface area contributed by atoms with Crippen molar-refractivity contribution in [1.82, 2.24) is 15.4 Å². The predicted octanol–water partition coefficient (Wildman–Crippen LogP) is 2.96. The van der Waals surface area contributed by atoms with Crippen molar-refractivity contribution in [2.24, 2.45) is 0 Å². The molecule has 0 aliphatic carbocycles. The van der Waals surface area contributed by atoms with Crippen LogP contribution in [0.3, 0.4) is 0 Å². The first kappa shape index (κ1) is 14.9. The van der Waals surface area contributed by atoms with Crippen LogP contribution in [0.5, 0.6) is 0 Å². The van der Waals surface area contributed by atoms with Gasteiger partial charge < -0.3 is 5.43 Å². The number of nitro benzene ring substituents is 1. The molecule has 1 heterocycles. The Hall–Kier alpha value is -3.06. The minimum Gasteiger partial charge on any atom is -0.304 e. The highest BCUT2D eigenvalue weighted by atomic mass is 16.6. The van der Waals surface area contributed by atoms with E-state index in [-0.39, 0.29) is 5.69 Å². The number of aromatic nitrogens is 2. The van der Waals surface area contributed by atoms with Crippen LogP contribution in [0.15, 0.2) is 48.5 Å². The summed E-state index contributed by atoms with van der Waals surface area (Å²) in [5.41, 5.74) is 8.98. The molecule has 0 saturated carbocycles. The van der Waals surface area contributed by atoms with Gasteiger partial charge in [0.25, 0.3) is 5.69 Å². The molecular formula is C16H15N5O2. The molecule has 0 spiro atoms. The van der Waals surface area contributed by atoms with E-state index in [9.17, 15) is 10.1 Å². The highest BCUT2D eigenvalue weighted by Gasteiger charge is 2.12. The molecule has 2 N–H and O–H groups in total. The van der Waals surface area contributed by atoms with Crippen molar-refractivity contribution in [2.45, 2.75) is 13.5 Å². The van der Waals surface area contributed by atoms with E-state index in [1.807, 2.05) is 31.2 Å². The molecule has 116 valence electrons. The third-order valence-electron chi connectivity index (χ3n) is 3.42. The van der Waals surface area contributed by atoms with Crippen molar-refractivity contribution < 1.29 is 4.92 Å². The largest absolute Gasteiger partial charge is 0.304 e. The number of rotatable bonds is 5. The molecule has 0 aliphatic rings. The average Bonchev–Trinajstić information content (AvgIpc) is 2.55. The number of hydrogen-bond donors (Lipinski definition) is 2. The van der Waals surface area contributed by atoms with Crippen molar-refractivity contribution >= 4 is 22.5 Å². The molecule has 0 saturated heterocycles. The average molecular weight is 309 g/mol. The molecule has 2 aromatic carbocycles. The van der Waals surface area contributed by atoms with E-state index >= 15 is 0 Å². The maximum Gasteiger partial charge on any atom is 0.273 e. The topological polar surface area (TPSA) is 93.0 Å². The fourth-order valence-electron chi connectivity index (χ4n) is 2.27. The fraction of sp³-hybridized carbons (Fsp3) is 0.125. The minimum atomic E-state index is -0.391. The summed E-state index contributed by atoms with van der Waals surface area (Å²) >= 11 is 0. The molecule has 0 aliphatic heterocycles. The fourth-order valence-corrected chi connectivity index (χ4v) is 2.27. The number of anilines is 1. The van der Waals surface area contributed by atoms with E-state index in [4.69, 9.17) is 0 Å². The molecule has 7 heteroatoms. The lowest BCUT2D eigenvalue weighted by atomic mass is 10.2. The molecule has 0 amide bonds. The van der Waals surface area contributed by atoms with Crippen LogP contribution in [0.4, 0.5) is 11.5 Å². The molecule has 0 atom stereocenters. The Balaban J connectivity index is 1.74. The first-order valence-corrected chi connectivity index (χ1v) is 7.09. The van der Waals surface area contributed by atoms with Gasteiger partial charge in [0.15, 0.2) is 5.82 Å². The number of para-hydroxylation sites is 3. The van der Waals surface area contributed by atoms with Crippen LogP contribution >= 0.6 is 0 Å². The van der Waals surface area contributed by atoms with Crippen LogP contribution < -0.4 is 10.9 Å². The van der Waals surface area contributed by atoms with Gasteiger partial charge in [0, 0.05) is 18.2 Å². The van der Waals surface area contributed by atoms with Gasteiger partial charge in [0.1, 0.15) is 0 Å². The monoisotopic (exact) mass is 309 g/mol. The third kappa shape index (κ3) is 3.24. The standard InChI is InChI=1S/C16H15N5O2/c1-11-16(19-14-8-4-3-7-13(14)18-11)20-17-10-12-6-2-5-9-15(12)21(22)23/h2-9,17H,10H2,1H3,(H,19,20). The Morgan fingerprint density at radius 2 is 1.70 bits per heavy atom. The Kier molecular flexibility index (Phi) is 4.11. The van der Waals surface area contributed by atoms with Crippen molar-refractivity contribution in [2.75, 3.05) is 5.43 Å². The SMILES string of the molecule is Cc1nc2ccccc2nc1NNCc1ccccc1[N+](=O)[O-]. The van der Waals surface area contributed by atoms with Crippen LogP contribution in [0.25, 0.3) is 11.0 Å². The molecule has 3 aromatic rings. The Morgan fingerprint density at radius 1 is 1.04 bits per heavy atom. The lowest BCUT2D eigenvalue weighted by molar-refractivity contribution is -0.385. The van der Waals surface area contributed by atoms with E-state index in [1.54, 1.807) is 18.2 Å². The molecule has 0 bridgehead atoms. The van der Waals surface area contributed by atoms with Crippen molar-refractivity contribution in [3.05, 3.63) is 69.9 Å². The van der Waals surface area contributed by atoms with Crippen LogP contribution in [0, 0.1) is 17.0 Å². The summed E-state index contributed by atoms with van der Waals surface area (Å²) in [5.74, 6) is 0.599. The van der Waals surface area contributed by atoms with Crippen LogP contribution in [-0.2, 0) is 6.54 Å². The van der Waals surface area contributed by atoms with E-state index in [1.165, 1.54) is 6.07 Å². The molecule has 3 rings (SSSR count). The highest BCUT2D eigenvalue weighted by molar-refractivity contribution is 5.76. The molecule has 0 unspecified atom stereocenters. The highest BCUT2D eigenvalue weighted by Crippen LogP contribution is 2.18. The van der Waals surface area contributed by atoms with Gasteiger partial charge in [-0.05, 0) is 19.1 Å².